The first-order valence-electron chi connectivity index (χ1n) is 9.47. The van der Waals surface area contributed by atoms with Crippen LogP contribution >= 0.6 is 0 Å². The summed E-state index contributed by atoms with van der Waals surface area (Å²) in [6.07, 6.45) is 1.64. The van der Waals surface area contributed by atoms with Gasteiger partial charge in [-0.1, -0.05) is 13.8 Å². The Balaban J connectivity index is 2.10. The zero-order chi connectivity index (χ0) is 20.6. The van der Waals surface area contributed by atoms with Gasteiger partial charge >= 0.3 is 5.97 Å². The summed E-state index contributed by atoms with van der Waals surface area (Å²) in [5.41, 5.74) is 1.48. The quantitative estimate of drug-likeness (QED) is 0.688. The number of hydrogen-bond acceptors (Lipinski definition) is 6. The first-order valence-corrected chi connectivity index (χ1v) is 9.47. The lowest BCUT2D eigenvalue weighted by Gasteiger charge is -2.34. The van der Waals surface area contributed by atoms with E-state index in [1.165, 1.54) is 6.08 Å². The van der Waals surface area contributed by atoms with Crippen LogP contribution in [0, 0.1) is 5.92 Å². The van der Waals surface area contributed by atoms with E-state index in [0.717, 1.165) is 6.42 Å². The molecule has 3 rings (SSSR count). The molecule has 1 aliphatic carbocycles. The van der Waals surface area contributed by atoms with Crippen LogP contribution in [0.25, 0.3) is 0 Å². The van der Waals surface area contributed by atoms with Gasteiger partial charge in [-0.25, -0.2) is 0 Å². The Hall–Kier alpha value is -2.67. The zero-order valence-corrected chi connectivity index (χ0v) is 16.2. The van der Waals surface area contributed by atoms with Gasteiger partial charge in [0, 0.05) is 24.3 Å². The van der Waals surface area contributed by atoms with Crippen molar-refractivity contribution < 1.29 is 29.3 Å². The largest absolute Gasteiger partial charge is 0.507 e. The number of carboxylic acid groups (broad SMARTS) is 1. The van der Waals surface area contributed by atoms with Crippen molar-refractivity contribution in [2.75, 3.05) is 7.05 Å². The second-order valence-corrected chi connectivity index (χ2v) is 7.74. The van der Waals surface area contributed by atoms with Crippen molar-refractivity contribution in [2.24, 2.45) is 5.92 Å². The van der Waals surface area contributed by atoms with E-state index >= 15 is 0 Å². The molecule has 0 radical (unpaired) electrons. The van der Waals surface area contributed by atoms with Crippen molar-refractivity contribution in [1.29, 1.82) is 0 Å². The molecular weight excluding hydrogens is 362 g/mol. The number of carboxylic acids is 1. The summed E-state index contributed by atoms with van der Waals surface area (Å²) in [6.45, 7) is 4.13. The number of rotatable bonds is 6. The second-order valence-electron chi connectivity index (χ2n) is 7.74. The molecule has 0 saturated carbocycles. The molecule has 28 heavy (non-hydrogen) atoms. The van der Waals surface area contributed by atoms with Gasteiger partial charge < -0.3 is 20.3 Å². The van der Waals surface area contributed by atoms with Crippen molar-refractivity contribution in [3.05, 3.63) is 40.1 Å². The predicted molar refractivity (Wildman–Crippen MR) is 102 cm³/mol. The number of aliphatic carboxylic acids is 1. The summed E-state index contributed by atoms with van der Waals surface area (Å²) in [5.74, 6) is -1.59. The number of phenols is 1. The molecule has 3 N–H and O–H groups in total. The minimum absolute atomic E-state index is 0.00224. The maximum Gasteiger partial charge on any atom is 0.305 e. The minimum atomic E-state index is -0.968. The van der Waals surface area contributed by atoms with Gasteiger partial charge in [0.2, 0.25) is 5.78 Å². The molecule has 0 unspecified atom stereocenters. The summed E-state index contributed by atoms with van der Waals surface area (Å²) in [5, 5.41) is 22.8. The first kappa shape index (κ1) is 20.1. The highest BCUT2D eigenvalue weighted by Gasteiger charge is 2.37. The SMILES string of the molecule is CNC1=CC(=O)c2c(cc3c(c2O)[C@H](CCC(C)C)O[C@H](CC(=O)O)C3)C1=O. The molecule has 1 aliphatic heterocycles. The van der Waals surface area contributed by atoms with Gasteiger partial charge in [0.15, 0.2) is 5.78 Å². The molecule has 0 spiro atoms. The Morgan fingerprint density at radius 3 is 2.68 bits per heavy atom. The highest BCUT2D eigenvalue weighted by molar-refractivity contribution is 6.25. The van der Waals surface area contributed by atoms with Gasteiger partial charge in [-0.2, -0.15) is 0 Å². The third-order valence-corrected chi connectivity index (χ3v) is 5.24. The molecule has 1 aromatic carbocycles. The molecule has 0 bridgehead atoms. The number of allylic oxidation sites excluding steroid dienone is 2. The van der Waals surface area contributed by atoms with Gasteiger partial charge in [0.25, 0.3) is 0 Å². The molecule has 150 valence electrons. The van der Waals surface area contributed by atoms with Gasteiger partial charge in [-0.15, -0.1) is 0 Å². The van der Waals surface area contributed by atoms with E-state index in [0.29, 0.717) is 23.5 Å². The zero-order valence-electron chi connectivity index (χ0n) is 16.2. The highest BCUT2D eigenvalue weighted by atomic mass is 16.5. The maximum atomic E-state index is 12.7. The normalized spacial score (nSPS) is 21.2. The van der Waals surface area contributed by atoms with Crippen LogP contribution in [-0.4, -0.2) is 40.9 Å². The number of ether oxygens (including phenoxy) is 1. The van der Waals surface area contributed by atoms with E-state index < -0.39 is 24.0 Å². The molecule has 0 aromatic heterocycles. The summed E-state index contributed by atoms with van der Waals surface area (Å²) >= 11 is 0. The first-order chi connectivity index (χ1) is 13.2. The molecule has 1 heterocycles. The summed E-state index contributed by atoms with van der Waals surface area (Å²) in [4.78, 5) is 36.4. The number of hydrogen-bond donors (Lipinski definition) is 3. The number of carbonyl (C=O) groups excluding carboxylic acids is 2. The lowest BCUT2D eigenvalue weighted by atomic mass is 9.82. The lowest BCUT2D eigenvalue weighted by Crippen LogP contribution is -2.31. The van der Waals surface area contributed by atoms with Gasteiger partial charge in [0.05, 0.1) is 29.9 Å². The van der Waals surface area contributed by atoms with E-state index in [9.17, 15) is 19.5 Å². The van der Waals surface area contributed by atoms with Crippen LogP contribution in [0.15, 0.2) is 17.8 Å². The van der Waals surface area contributed by atoms with Crippen LogP contribution in [0.2, 0.25) is 0 Å². The molecule has 1 aromatic rings. The highest BCUT2D eigenvalue weighted by Crippen LogP contribution is 2.44. The number of fused-ring (bicyclic) bond motifs is 2. The predicted octanol–water partition coefficient (Wildman–Crippen LogP) is 2.77. The smallest absolute Gasteiger partial charge is 0.305 e. The fourth-order valence-corrected chi connectivity index (χ4v) is 3.90. The fraction of sp³-hybridized carbons (Fsp3) is 0.476. The summed E-state index contributed by atoms with van der Waals surface area (Å²) in [7, 11) is 1.55. The topological polar surface area (TPSA) is 113 Å². The second kappa shape index (κ2) is 7.75. The number of nitrogens with one attached hydrogen (secondary N) is 1. The number of Topliss-reactive ketones (excluding diaryl/α,β-unsaturated/α-hetero) is 1. The molecule has 7 heteroatoms. The van der Waals surface area contributed by atoms with Crippen LogP contribution in [0.1, 0.15) is 71.1 Å². The molecule has 7 nitrogen and oxygen atoms in total. The maximum absolute atomic E-state index is 12.7. The standard InChI is InChI=1S/C21H25NO6/c1-10(2)4-5-16-18-11(6-12(28-16)8-17(24)25)7-13-19(21(18)27)15(23)9-14(22-3)20(13)26/h7,9-10,12,16,22,27H,4-6,8H2,1-3H3,(H,24,25)/t12-,16-/m0/s1. The average molecular weight is 387 g/mol. The van der Waals surface area contributed by atoms with E-state index in [1.807, 2.05) is 0 Å². The van der Waals surface area contributed by atoms with Gasteiger partial charge in [0.1, 0.15) is 5.75 Å². The summed E-state index contributed by atoms with van der Waals surface area (Å²) < 4.78 is 5.99. The van der Waals surface area contributed by atoms with Crippen LogP contribution < -0.4 is 5.32 Å². The Bertz CT molecular complexity index is 870. The molecule has 0 fully saturated rings. The van der Waals surface area contributed by atoms with Crippen LogP contribution in [-0.2, 0) is 16.0 Å². The van der Waals surface area contributed by atoms with Crippen molar-refractivity contribution in [3.8, 4) is 5.75 Å². The third-order valence-electron chi connectivity index (χ3n) is 5.24. The monoisotopic (exact) mass is 387 g/mol. The fourth-order valence-electron chi connectivity index (χ4n) is 3.90. The van der Waals surface area contributed by atoms with Crippen molar-refractivity contribution >= 4 is 17.5 Å². The summed E-state index contributed by atoms with van der Waals surface area (Å²) in [6, 6.07) is 1.62. The molecular formula is C21H25NO6. The van der Waals surface area contributed by atoms with Crippen LogP contribution in [0.3, 0.4) is 0 Å². The molecule has 0 amide bonds. The van der Waals surface area contributed by atoms with Gasteiger partial charge in [-0.05, 0) is 36.8 Å². The average Bonchev–Trinajstić information content (AvgIpc) is 2.61. The number of likely N-dealkylation sites (N-methyl/N-ethyl adjacent to an activating group) is 1. The molecule has 2 atom stereocenters. The van der Waals surface area contributed by atoms with E-state index in [4.69, 9.17) is 9.84 Å². The van der Waals surface area contributed by atoms with Crippen molar-refractivity contribution in [2.45, 2.75) is 51.7 Å². The third kappa shape index (κ3) is 3.67. The van der Waals surface area contributed by atoms with E-state index in [1.54, 1.807) is 13.1 Å². The Kier molecular flexibility index (Phi) is 5.56. The van der Waals surface area contributed by atoms with E-state index in [-0.39, 0.29) is 41.2 Å². The molecule has 2 aliphatic rings. The van der Waals surface area contributed by atoms with E-state index in [2.05, 4.69) is 19.2 Å². The Morgan fingerprint density at radius 2 is 2.07 bits per heavy atom. The lowest BCUT2D eigenvalue weighted by molar-refractivity contribution is -0.142. The molecule has 0 saturated heterocycles. The van der Waals surface area contributed by atoms with Crippen molar-refractivity contribution in [1.82, 2.24) is 5.32 Å². The van der Waals surface area contributed by atoms with Crippen LogP contribution in [0.4, 0.5) is 0 Å². The van der Waals surface area contributed by atoms with Crippen molar-refractivity contribution in [3.63, 3.8) is 0 Å². The van der Waals surface area contributed by atoms with Gasteiger partial charge in [-0.3, -0.25) is 14.4 Å². The Morgan fingerprint density at radius 1 is 1.36 bits per heavy atom. The van der Waals surface area contributed by atoms with Crippen LogP contribution in [0.5, 0.6) is 5.75 Å². The number of ketones is 2. The minimum Gasteiger partial charge on any atom is -0.507 e. The number of aromatic hydroxyl groups is 1. The number of phenolic OH excluding ortho intramolecular Hbond substituents is 1. The Labute approximate surface area is 163 Å². The number of carbonyl (C=O) groups is 3. The number of benzene rings is 1.